The van der Waals surface area contributed by atoms with Crippen molar-refractivity contribution in [1.29, 1.82) is 0 Å². The zero-order chi connectivity index (χ0) is 39.8. The number of fused-ring (bicyclic) bond motifs is 4. The first-order chi connectivity index (χ1) is 29.8. The second-order valence-corrected chi connectivity index (χ2v) is 15.2. The van der Waals surface area contributed by atoms with Crippen molar-refractivity contribution in [3.63, 3.8) is 0 Å². The fourth-order valence-corrected chi connectivity index (χ4v) is 8.81. The van der Waals surface area contributed by atoms with Gasteiger partial charge >= 0.3 is 0 Å². The molecule has 0 aliphatic heterocycles. The van der Waals surface area contributed by atoms with Gasteiger partial charge in [0.25, 0.3) is 0 Å². The van der Waals surface area contributed by atoms with Crippen LogP contribution in [0.3, 0.4) is 0 Å². The average molecular weight is 766 g/mol. The lowest BCUT2D eigenvalue weighted by atomic mass is 9.91. The van der Waals surface area contributed by atoms with E-state index >= 15 is 0 Å². The lowest BCUT2D eigenvalue weighted by Crippen LogP contribution is -2.09. The molecular weight excluding hydrogens is 727 g/mol. The van der Waals surface area contributed by atoms with Gasteiger partial charge in [-0.15, -0.1) is 0 Å². The van der Waals surface area contributed by atoms with Crippen LogP contribution in [-0.4, -0.2) is 0 Å². The summed E-state index contributed by atoms with van der Waals surface area (Å²) in [5.41, 5.74) is 17.0. The molecule has 2 nitrogen and oxygen atoms in total. The van der Waals surface area contributed by atoms with Crippen molar-refractivity contribution in [2.75, 3.05) is 4.90 Å². The smallest absolute Gasteiger partial charge is 0.143 e. The van der Waals surface area contributed by atoms with Gasteiger partial charge in [0.15, 0.2) is 0 Å². The second-order valence-electron chi connectivity index (χ2n) is 15.2. The number of hydrogen-bond donors (Lipinski definition) is 0. The minimum atomic E-state index is 0.910. The highest BCUT2D eigenvalue weighted by Crippen LogP contribution is 2.42. The molecule has 0 atom stereocenters. The summed E-state index contributed by atoms with van der Waals surface area (Å²) in [5.74, 6) is 0. The van der Waals surface area contributed by atoms with Crippen molar-refractivity contribution in [2.24, 2.45) is 0 Å². The van der Waals surface area contributed by atoms with Gasteiger partial charge in [0.05, 0.1) is 0 Å². The predicted molar refractivity (Wildman–Crippen MR) is 253 cm³/mol. The van der Waals surface area contributed by atoms with Crippen LogP contribution in [0.4, 0.5) is 17.1 Å². The van der Waals surface area contributed by atoms with Crippen molar-refractivity contribution in [1.82, 2.24) is 0 Å². The van der Waals surface area contributed by atoms with Crippen LogP contribution in [0.25, 0.3) is 88.3 Å². The van der Waals surface area contributed by atoms with Gasteiger partial charge in [0.1, 0.15) is 11.2 Å². The van der Waals surface area contributed by atoms with E-state index in [4.69, 9.17) is 4.42 Å². The molecule has 60 heavy (non-hydrogen) atoms. The Balaban J connectivity index is 0.907. The highest BCUT2D eigenvalue weighted by Gasteiger charge is 2.17. The molecule has 11 aromatic rings. The fourth-order valence-electron chi connectivity index (χ4n) is 8.81. The van der Waals surface area contributed by atoms with Crippen LogP contribution in [0.2, 0.25) is 0 Å². The molecular formula is C58H39NO. The van der Waals surface area contributed by atoms with Gasteiger partial charge in [0.2, 0.25) is 0 Å². The van der Waals surface area contributed by atoms with Gasteiger partial charge < -0.3 is 9.32 Å². The minimum Gasteiger partial charge on any atom is -0.455 e. The third-order valence-electron chi connectivity index (χ3n) is 11.7. The largest absolute Gasteiger partial charge is 0.455 e. The highest BCUT2D eigenvalue weighted by atomic mass is 16.3. The first-order valence-electron chi connectivity index (χ1n) is 20.5. The standard InChI is InChI=1S/C58H39NO/c1-3-14-42(15-4-1)48-18-7-8-19-49(48)43-28-26-40(27-29-43)41-30-34-46(35-31-41)59(45-16-5-2-6-17-45)47-36-32-44(33-37-47)50-38-39-53(52-21-10-9-20-51(50)52)55-23-13-24-56-54-22-11-12-25-57(54)60-58(55)56/h1-39H. The molecule has 0 amide bonds. The number of nitrogens with zero attached hydrogens (tertiary/aromatic N) is 1. The van der Waals surface area contributed by atoms with Crippen molar-refractivity contribution in [3.05, 3.63) is 237 Å². The minimum absolute atomic E-state index is 0.910. The first-order valence-corrected chi connectivity index (χ1v) is 20.5. The molecule has 0 saturated carbocycles. The van der Waals surface area contributed by atoms with Crippen molar-refractivity contribution in [3.8, 4) is 55.6 Å². The summed E-state index contributed by atoms with van der Waals surface area (Å²) in [7, 11) is 0. The molecule has 0 bridgehead atoms. The molecule has 1 heterocycles. The summed E-state index contributed by atoms with van der Waals surface area (Å²) in [6.07, 6.45) is 0. The monoisotopic (exact) mass is 765 g/mol. The van der Waals surface area contributed by atoms with Gasteiger partial charge in [0, 0.05) is 33.4 Å². The summed E-state index contributed by atoms with van der Waals surface area (Å²) in [5, 5.41) is 4.69. The maximum Gasteiger partial charge on any atom is 0.143 e. The Bertz CT molecular complexity index is 3270. The van der Waals surface area contributed by atoms with Crippen molar-refractivity contribution >= 4 is 49.8 Å². The average Bonchev–Trinajstić information content (AvgIpc) is 3.72. The van der Waals surface area contributed by atoms with Gasteiger partial charge in [-0.1, -0.05) is 194 Å². The van der Waals surface area contributed by atoms with Crippen LogP contribution in [0.15, 0.2) is 241 Å². The number of hydrogen-bond acceptors (Lipinski definition) is 2. The van der Waals surface area contributed by atoms with Crippen LogP contribution in [0.5, 0.6) is 0 Å². The Morgan fingerprint density at radius 3 is 1.32 bits per heavy atom. The van der Waals surface area contributed by atoms with E-state index in [0.29, 0.717) is 0 Å². The topological polar surface area (TPSA) is 16.4 Å². The van der Waals surface area contributed by atoms with Crippen LogP contribution >= 0.6 is 0 Å². The highest BCUT2D eigenvalue weighted by molar-refractivity contribution is 6.13. The number of furan rings is 1. The Morgan fingerprint density at radius 1 is 0.233 bits per heavy atom. The van der Waals surface area contributed by atoms with Gasteiger partial charge in [-0.3, -0.25) is 0 Å². The molecule has 0 unspecified atom stereocenters. The van der Waals surface area contributed by atoms with Gasteiger partial charge in [-0.2, -0.15) is 0 Å². The predicted octanol–water partition coefficient (Wildman–Crippen LogP) is 16.5. The van der Waals surface area contributed by atoms with Crippen molar-refractivity contribution in [2.45, 2.75) is 0 Å². The van der Waals surface area contributed by atoms with E-state index in [1.54, 1.807) is 0 Å². The molecule has 10 aromatic carbocycles. The van der Waals surface area contributed by atoms with Crippen molar-refractivity contribution < 1.29 is 4.42 Å². The summed E-state index contributed by atoms with van der Waals surface area (Å²) < 4.78 is 6.47. The lowest BCUT2D eigenvalue weighted by molar-refractivity contribution is 0.670. The van der Waals surface area contributed by atoms with Gasteiger partial charge in [-0.05, 0) is 103 Å². The molecule has 282 valence electrons. The molecule has 0 spiro atoms. The Hall–Kier alpha value is -7.94. The molecule has 1 aromatic heterocycles. The molecule has 2 heteroatoms. The summed E-state index contributed by atoms with van der Waals surface area (Å²) in [6.45, 7) is 0. The molecule has 0 radical (unpaired) electrons. The molecule has 0 aliphatic carbocycles. The number of para-hydroxylation sites is 3. The zero-order valence-electron chi connectivity index (χ0n) is 32.9. The summed E-state index contributed by atoms with van der Waals surface area (Å²) >= 11 is 0. The van der Waals surface area contributed by atoms with E-state index in [1.165, 1.54) is 60.8 Å². The first kappa shape index (κ1) is 35.2. The Labute approximate surface area is 349 Å². The normalized spacial score (nSPS) is 11.3. The van der Waals surface area contributed by atoms with Crippen LogP contribution < -0.4 is 4.90 Å². The maximum absolute atomic E-state index is 6.47. The van der Waals surface area contributed by atoms with Crippen LogP contribution in [-0.2, 0) is 0 Å². The van der Waals surface area contributed by atoms with E-state index in [-0.39, 0.29) is 0 Å². The molecule has 0 fully saturated rings. The Morgan fingerprint density at radius 2 is 0.650 bits per heavy atom. The second kappa shape index (κ2) is 15.1. The number of rotatable bonds is 8. The number of benzene rings is 10. The van der Waals surface area contributed by atoms with E-state index in [2.05, 4.69) is 229 Å². The molecule has 11 rings (SSSR count). The fraction of sp³-hybridized carbons (Fsp3) is 0. The lowest BCUT2D eigenvalue weighted by Gasteiger charge is -2.26. The van der Waals surface area contributed by atoms with E-state index in [1.807, 2.05) is 12.1 Å². The molecule has 0 saturated heterocycles. The van der Waals surface area contributed by atoms with Crippen LogP contribution in [0, 0.1) is 0 Å². The molecule has 0 N–H and O–H groups in total. The van der Waals surface area contributed by atoms with Crippen LogP contribution in [0.1, 0.15) is 0 Å². The SMILES string of the molecule is c1ccc(-c2ccccc2-c2ccc(-c3ccc(N(c4ccccc4)c4ccc(-c5ccc(-c6cccc7c6oc6ccccc67)c6ccccc56)cc4)cc3)cc2)cc1. The third-order valence-corrected chi connectivity index (χ3v) is 11.7. The summed E-state index contributed by atoms with van der Waals surface area (Å²) in [6, 6.07) is 84.6. The maximum atomic E-state index is 6.47. The summed E-state index contributed by atoms with van der Waals surface area (Å²) in [4.78, 5) is 2.33. The van der Waals surface area contributed by atoms with E-state index in [9.17, 15) is 0 Å². The third kappa shape index (κ3) is 6.32. The quantitative estimate of drug-likeness (QED) is 0.153. The van der Waals surface area contributed by atoms with Gasteiger partial charge in [-0.25, -0.2) is 0 Å². The zero-order valence-corrected chi connectivity index (χ0v) is 32.9. The molecule has 0 aliphatic rings. The Kier molecular flexibility index (Phi) is 8.87. The van der Waals surface area contributed by atoms with E-state index < -0.39 is 0 Å². The number of anilines is 3. The van der Waals surface area contributed by atoms with E-state index in [0.717, 1.165) is 44.6 Å².